The minimum atomic E-state index is 0.535. The summed E-state index contributed by atoms with van der Waals surface area (Å²) in [6.07, 6.45) is 5.19. The Morgan fingerprint density at radius 3 is 2.44 bits per heavy atom. The van der Waals surface area contributed by atoms with Crippen LogP contribution in [0.5, 0.6) is 5.75 Å². The second-order valence-corrected chi connectivity index (χ2v) is 6.26. The van der Waals surface area contributed by atoms with Gasteiger partial charge in [0, 0.05) is 11.7 Å². The van der Waals surface area contributed by atoms with Crippen LogP contribution in [-0.4, -0.2) is 13.2 Å². The summed E-state index contributed by atoms with van der Waals surface area (Å²) in [5.74, 6) is 0.933. The summed E-state index contributed by atoms with van der Waals surface area (Å²) in [5, 5.41) is 3.68. The highest BCUT2D eigenvalue weighted by Gasteiger charge is 2.26. The molecule has 1 N–H and O–H groups in total. The number of rotatable bonds is 3. The summed E-state index contributed by atoms with van der Waals surface area (Å²) in [5.41, 5.74) is 3.05. The molecule has 1 aliphatic rings. The maximum atomic E-state index is 5.24. The third kappa shape index (κ3) is 3.18. The fourth-order valence-electron chi connectivity index (χ4n) is 2.69. The van der Waals surface area contributed by atoms with Crippen LogP contribution in [0.25, 0.3) is 0 Å². The van der Waals surface area contributed by atoms with E-state index in [4.69, 9.17) is 4.74 Å². The largest absolute Gasteiger partial charge is 0.497 e. The fourth-order valence-corrected chi connectivity index (χ4v) is 2.69. The summed E-state index contributed by atoms with van der Waals surface area (Å²) in [6.45, 7) is 6.89. The highest BCUT2D eigenvalue weighted by molar-refractivity contribution is 5.54. The van der Waals surface area contributed by atoms with Crippen molar-refractivity contribution in [1.82, 2.24) is 0 Å². The van der Waals surface area contributed by atoms with Crippen LogP contribution in [0.4, 0.5) is 5.69 Å². The molecule has 0 saturated heterocycles. The van der Waals surface area contributed by atoms with Crippen LogP contribution in [0.15, 0.2) is 18.2 Å². The molecule has 18 heavy (non-hydrogen) atoms. The van der Waals surface area contributed by atoms with Crippen LogP contribution in [0.2, 0.25) is 0 Å². The predicted octanol–water partition coefficient (Wildman–Crippen LogP) is 4.38. The molecule has 0 unspecified atom stereocenters. The van der Waals surface area contributed by atoms with Crippen molar-refractivity contribution in [2.45, 2.75) is 52.5 Å². The Hall–Kier alpha value is -1.18. The summed E-state index contributed by atoms with van der Waals surface area (Å²) < 4.78 is 5.24. The third-order valence-corrected chi connectivity index (χ3v) is 4.13. The monoisotopic (exact) mass is 247 g/mol. The van der Waals surface area contributed by atoms with Crippen molar-refractivity contribution in [3.8, 4) is 5.75 Å². The van der Waals surface area contributed by atoms with Crippen molar-refractivity contribution in [1.29, 1.82) is 0 Å². The van der Waals surface area contributed by atoms with E-state index < -0.39 is 0 Å². The number of benzene rings is 1. The summed E-state index contributed by atoms with van der Waals surface area (Å²) in [4.78, 5) is 0. The Morgan fingerprint density at radius 2 is 1.89 bits per heavy atom. The average molecular weight is 247 g/mol. The quantitative estimate of drug-likeness (QED) is 0.855. The number of anilines is 1. The minimum Gasteiger partial charge on any atom is -0.497 e. The summed E-state index contributed by atoms with van der Waals surface area (Å²) in [7, 11) is 1.71. The smallest absolute Gasteiger partial charge is 0.119 e. The van der Waals surface area contributed by atoms with Crippen molar-refractivity contribution in [2.24, 2.45) is 5.41 Å². The van der Waals surface area contributed by atoms with E-state index >= 15 is 0 Å². The lowest BCUT2D eigenvalue weighted by Crippen LogP contribution is -2.30. The molecule has 2 rings (SSSR count). The molecule has 1 fully saturated rings. The molecule has 1 aromatic rings. The first-order chi connectivity index (χ1) is 8.50. The number of ether oxygens (including phenoxy) is 1. The maximum Gasteiger partial charge on any atom is 0.119 e. The Balaban J connectivity index is 1.98. The summed E-state index contributed by atoms with van der Waals surface area (Å²) in [6, 6.07) is 6.88. The first-order valence-corrected chi connectivity index (χ1v) is 6.91. The van der Waals surface area contributed by atoms with E-state index in [-0.39, 0.29) is 0 Å². The van der Waals surface area contributed by atoms with Gasteiger partial charge in [0.05, 0.1) is 7.11 Å². The Kier molecular flexibility index (Phi) is 3.84. The van der Waals surface area contributed by atoms with Gasteiger partial charge in [0.1, 0.15) is 5.75 Å². The van der Waals surface area contributed by atoms with E-state index in [1.54, 1.807) is 7.11 Å². The van der Waals surface area contributed by atoms with Gasteiger partial charge >= 0.3 is 0 Å². The number of aryl methyl sites for hydroxylation is 1. The molecular weight excluding hydrogens is 222 g/mol. The molecule has 1 saturated carbocycles. The molecule has 0 heterocycles. The highest BCUT2D eigenvalue weighted by atomic mass is 16.5. The van der Waals surface area contributed by atoms with Gasteiger partial charge in [-0.3, -0.25) is 0 Å². The first kappa shape index (κ1) is 13.3. The Bertz CT molecular complexity index is 402. The lowest BCUT2D eigenvalue weighted by atomic mass is 9.75. The molecule has 1 aromatic carbocycles. The van der Waals surface area contributed by atoms with Crippen LogP contribution in [0, 0.1) is 12.3 Å². The van der Waals surface area contributed by atoms with Crippen molar-refractivity contribution >= 4 is 5.69 Å². The second kappa shape index (κ2) is 5.21. The molecule has 0 spiro atoms. The molecule has 0 atom stereocenters. The van der Waals surface area contributed by atoms with E-state index in [0.717, 1.165) is 5.75 Å². The summed E-state index contributed by atoms with van der Waals surface area (Å²) >= 11 is 0. The lowest BCUT2D eigenvalue weighted by Gasteiger charge is -2.35. The van der Waals surface area contributed by atoms with Gasteiger partial charge in [-0.25, -0.2) is 0 Å². The molecule has 0 aromatic heterocycles. The number of hydrogen-bond donors (Lipinski definition) is 1. The molecule has 2 nitrogen and oxygen atoms in total. The standard InChI is InChI=1S/C16H25NO/c1-12-11-14(18-4)5-6-15(12)17-13-7-9-16(2,3)10-8-13/h5-6,11,13,17H,7-10H2,1-4H3. The van der Waals surface area contributed by atoms with E-state index in [9.17, 15) is 0 Å². The van der Waals surface area contributed by atoms with Gasteiger partial charge < -0.3 is 10.1 Å². The van der Waals surface area contributed by atoms with Gasteiger partial charge in [-0.1, -0.05) is 13.8 Å². The van der Waals surface area contributed by atoms with E-state index in [1.165, 1.54) is 36.9 Å². The van der Waals surface area contributed by atoms with Crippen molar-refractivity contribution in [3.63, 3.8) is 0 Å². The Morgan fingerprint density at radius 1 is 1.22 bits per heavy atom. The van der Waals surface area contributed by atoms with Gasteiger partial charge in [-0.05, 0) is 61.8 Å². The number of nitrogens with one attached hydrogen (secondary N) is 1. The van der Waals surface area contributed by atoms with Gasteiger partial charge in [-0.15, -0.1) is 0 Å². The van der Waals surface area contributed by atoms with E-state index in [0.29, 0.717) is 11.5 Å². The number of hydrogen-bond acceptors (Lipinski definition) is 2. The van der Waals surface area contributed by atoms with Gasteiger partial charge in [0.25, 0.3) is 0 Å². The first-order valence-electron chi connectivity index (χ1n) is 6.91. The molecular formula is C16H25NO. The van der Waals surface area contributed by atoms with Crippen LogP contribution in [0.1, 0.15) is 45.1 Å². The van der Waals surface area contributed by atoms with Crippen molar-refractivity contribution < 1.29 is 4.74 Å². The maximum absolute atomic E-state index is 5.24. The van der Waals surface area contributed by atoms with Crippen LogP contribution < -0.4 is 10.1 Å². The van der Waals surface area contributed by atoms with Gasteiger partial charge in [-0.2, -0.15) is 0 Å². The minimum absolute atomic E-state index is 0.535. The molecule has 0 radical (unpaired) electrons. The predicted molar refractivity (Wildman–Crippen MR) is 77.4 cm³/mol. The van der Waals surface area contributed by atoms with Crippen LogP contribution in [-0.2, 0) is 0 Å². The zero-order valence-electron chi connectivity index (χ0n) is 12.0. The van der Waals surface area contributed by atoms with Crippen LogP contribution >= 0.6 is 0 Å². The zero-order chi connectivity index (χ0) is 13.2. The van der Waals surface area contributed by atoms with E-state index in [1.807, 2.05) is 6.07 Å². The normalized spacial score (nSPS) is 19.6. The van der Waals surface area contributed by atoms with Crippen LogP contribution in [0.3, 0.4) is 0 Å². The average Bonchev–Trinajstić information content (AvgIpc) is 2.34. The van der Waals surface area contributed by atoms with Crippen molar-refractivity contribution in [2.75, 3.05) is 12.4 Å². The van der Waals surface area contributed by atoms with Gasteiger partial charge in [0.15, 0.2) is 0 Å². The zero-order valence-corrected chi connectivity index (χ0v) is 12.0. The van der Waals surface area contributed by atoms with E-state index in [2.05, 4.69) is 38.2 Å². The second-order valence-electron chi connectivity index (χ2n) is 6.26. The highest BCUT2D eigenvalue weighted by Crippen LogP contribution is 2.36. The van der Waals surface area contributed by atoms with Gasteiger partial charge in [0.2, 0.25) is 0 Å². The molecule has 0 amide bonds. The topological polar surface area (TPSA) is 21.3 Å². The van der Waals surface area contributed by atoms with Crippen molar-refractivity contribution in [3.05, 3.63) is 23.8 Å². The lowest BCUT2D eigenvalue weighted by molar-refractivity contribution is 0.232. The molecule has 0 aliphatic heterocycles. The fraction of sp³-hybridized carbons (Fsp3) is 0.625. The molecule has 1 aliphatic carbocycles. The Labute approximate surface area is 111 Å². The molecule has 2 heteroatoms. The third-order valence-electron chi connectivity index (χ3n) is 4.13. The number of methoxy groups -OCH3 is 1. The molecule has 100 valence electrons. The SMILES string of the molecule is COc1ccc(NC2CCC(C)(C)CC2)c(C)c1. The molecule has 0 bridgehead atoms.